The summed E-state index contributed by atoms with van der Waals surface area (Å²) in [6, 6.07) is 5.78. The second kappa shape index (κ2) is 4.39. The molecule has 1 saturated carbocycles. The first-order valence-electron chi connectivity index (χ1n) is 5.42. The van der Waals surface area contributed by atoms with Crippen LogP contribution in [0.2, 0.25) is 0 Å². The van der Waals surface area contributed by atoms with E-state index in [1.165, 1.54) is 12.1 Å². The Balaban J connectivity index is 1.92. The predicted molar refractivity (Wildman–Crippen MR) is 58.6 cm³/mol. The molecule has 0 heterocycles. The normalized spacial score (nSPS) is 19.2. The maximum Gasteiger partial charge on any atom is 0.123 e. The summed E-state index contributed by atoms with van der Waals surface area (Å²) in [7, 11) is 0. The second-order valence-electron chi connectivity index (χ2n) is 4.41. The third kappa shape index (κ3) is 2.51. The lowest BCUT2D eigenvalue weighted by atomic mass is 9.97. The Kier molecular flexibility index (Phi) is 3.12. The molecule has 4 heteroatoms. The molecule has 1 aromatic rings. The van der Waals surface area contributed by atoms with Crippen LogP contribution in [0.4, 0.5) is 4.39 Å². The minimum absolute atomic E-state index is 0.0845. The number of hydrogen-bond donors (Lipinski definition) is 2. The summed E-state index contributed by atoms with van der Waals surface area (Å²) in [5, 5.41) is 9.25. The van der Waals surface area contributed by atoms with Gasteiger partial charge in [0.1, 0.15) is 18.2 Å². The first-order chi connectivity index (χ1) is 7.64. The molecule has 2 rings (SSSR count). The fourth-order valence-corrected chi connectivity index (χ4v) is 1.70. The first-order valence-corrected chi connectivity index (χ1v) is 5.42. The van der Waals surface area contributed by atoms with Crippen molar-refractivity contribution in [2.24, 2.45) is 11.7 Å². The number of halogens is 1. The van der Waals surface area contributed by atoms with Gasteiger partial charge in [-0.25, -0.2) is 4.39 Å². The summed E-state index contributed by atoms with van der Waals surface area (Å²) in [5.41, 5.74) is 5.37. The Bertz CT molecular complexity index is 351. The van der Waals surface area contributed by atoms with Crippen molar-refractivity contribution >= 4 is 0 Å². The van der Waals surface area contributed by atoms with Gasteiger partial charge >= 0.3 is 0 Å². The van der Waals surface area contributed by atoms with E-state index in [0.717, 1.165) is 12.8 Å². The van der Waals surface area contributed by atoms with Crippen LogP contribution < -0.4 is 10.5 Å². The number of aliphatic hydroxyl groups excluding tert-OH is 1. The van der Waals surface area contributed by atoms with Crippen molar-refractivity contribution in [2.75, 3.05) is 13.2 Å². The van der Waals surface area contributed by atoms with Gasteiger partial charge in [0.05, 0.1) is 12.1 Å². The summed E-state index contributed by atoms with van der Waals surface area (Å²) in [4.78, 5) is 0. The molecule has 88 valence electrons. The summed E-state index contributed by atoms with van der Waals surface area (Å²) < 4.78 is 18.1. The molecule has 1 fully saturated rings. The van der Waals surface area contributed by atoms with Crippen LogP contribution in [0, 0.1) is 11.7 Å². The second-order valence-corrected chi connectivity index (χ2v) is 4.41. The fourth-order valence-electron chi connectivity index (χ4n) is 1.70. The van der Waals surface area contributed by atoms with E-state index in [0.29, 0.717) is 11.7 Å². The van der Waals surface area contributed by atoms with Gasteiger partial charge in [-0.2, -0.15) is 0 Å². The molecule has 1 aromatic carbocycles. The van der Waals surface area contributed by atoms with Crippen molar-refractivity contribution in [1.29, 1.82) is 0 Å². The van der Waals surface area contributed by atoms with Crippen LogP contribution in [0.15, 0.2) is 24.3 Å². The van der Waals surface area contributed by atoms with Crippen LogP contribution in [0.25, 0.3) is 0 Å². The van der Waals surface area contributed by atoms with Crippen molar-refractivity contribution in [3.63, 3.8) is 0 Å². The van der Waals surface area contributed by atoms with Gasteiger partial charge in [0, 0.05) is 0 Å². The maximum atomic E-state index is 12.6. The summed E-state index contributed by atoms with van der Waals surface area (Å²) >= 11 is 0. The summed E-state index contributed by atoms with van der Waals surface area (Å²) in [6.45, 7) is 0.179. The van der Waals surface area contributed by atoms with Gasteiger partial charge in [0.15, 0.2) is 0 Å². The molecule has 1 aliphatic rings. The van der Waals surface area contributed by atoms with Gasteiger partial charge in [0.25, 0.3) is 0 Å². The molecule has 3 nitrogen and oxygen atoms in total. The van der Waals surface area contributed by atoms with Gasteiger partial charge in [0.2, 0.25) is 0 Å². The van der Waals surface area contributed by atoms with E-state index in [1.54, 1.807) is 12.1 Å². The molecular formula is C12H16FNO2. The average Bonchev–Trinajstić information content (AvgIpc) is 3.12. The zero-order valence-electron chi connectivity index (χ0n) is 9.03. The van der Waals surface area contributed by atoms with Crippen LogP contribution in [-0.4, -0.2) is 23.9 Å². The third-order valence-electron chi connectivity index (χ3n) is 3.01. The fraction of sp³-hybridized carbons (Fsp3) is 0.500. The van der Waals surface area contributed by atoms with E-state index in [2.05, 4.69) is 0 Å². The van der Waals surface area contributed by atoms with Crippen molar-refractivity contribution in [3.8, 4) is 5.75 Å². The monoisotopic (exact) mass is 225 g/mol. The zero-order valence-corrected chi connectivity index (χ0v) is 9.03. The van der Waals surface area contributed by atoms with Gasteiger partial charge in [-0.15, -0.1) is 0 Å². The molecule has 1 atom stereocenters. The van der Waals surface area contributed by atoms with E-state index >= 15 is 0 Å². The lowest BCUT2D eigenvalue weighted by Crippen LogP contribution is -2.51. The van der Waals surface area contributed by atoms with Crippen molar-refractivity contribution < 1.29 is 14.2 Å². The van der Waals surface area contributed by atoms with Gasteiger partial charge in [-0.1, -0.05) is 0 Å². The van der Waals surface area contributed by atoms with E-state index in [-0.39, 0.29) is 19.0 Å². The molecule has 3 N–H and O–H groups in total. The highest BCUT2D eigenvalue weighted by Gasteiger charge is 2.42. The Hall–Kier alpha value is -1.13. The minimum Gasteiger partial charge on any atom is -0.492 e. The highest BCUT2D eigenvalue weighted by Crippen LogP contribution is 2.38. The predicted octanol–water partition coefficient (Wildman–Crippen LogP) is 1.30. The lowest BCUT2D eigenvalue weighted by molar-refractivity contribution is 0.117. The van der Waals surface area contributed by atoms with E-state index < -0.39 is 5.54 Å². The molecular weight excluding hydrogens is 209 g/mol. The quantitative estimate of drug-likeness (QED) is 0.794. The SMILES string of the molecule is NC(CO)(COc1ccc(F)cc1)C1CC1. The molecule has 0 radical (unpaired) electrons. The number of ether oxygens (including phenoxy) is 1. The lowest BCUT2D eigenvalue weighted by Gasteiger charge is -2.27. The van der Waals surface area contributed by atoms with E-state index in [1.807, 2.05) is 0 Å². The molecule has 1 aliphatic carbocycles. The van der Waals surface area contributed by atoms with Gasteiger partial charge in [-0.3, -0.25) is 0 Å². The number of nitrogens with two attached hydrogens (primary N) is 1. The number of aliphatic hydroxyl groups is 1. The Morgan fingerprint density at radius 1 is 1.38 bits per heavy atom. The van der Waals surface area contributed by atoms with Crippen LogP contribution in [0.5, 0.6) is 5.75 Å². The van der Waals surface area contributed by atoms with E-state index in [4.69, 9.17) is 10.5 Å². The molecule has 0 spiro atoms. The van der Waals surface area contributed by atoms with Crippen molar-refractivity contribution in [2.45, 2.75) is 18.4 Å². The molecule has 16 heavy (non-hydrogen) atoms. The summed E-state index contributed by atoms with van der Waals surface area (Å²) in [5.74, 6) is 0.624. The zero-order chi connectivity index (χ0) is 11.6. The highest BCUT2D eigenvalue weighted by molar-refractivity contribution is 5.22. The molecule has 0 bridgehead atoms. The van der Waals surface area contributed by atoms with Gasteiger partial charge in [-0.05, 0) is 43.0 Å². The Morgan fingerprint density at radius 3 is 2.50 bits per heavy atom. The van der Waals surface area contributed by atoms with Crippen LogP contribution >= 0.6 is 0 Å². The standard InChI is InChI=1S/C12H16FNO2/c13-10-3-5-11(6-4-10)16-8-12(14,7-15)9-1-2-9/h3-6,9,15H,1-2,7-8,14H2. The molecule has 0 aliphatic heterocycles. The Labute approximate surface area is 94.0 Å². The number of rotatable bonds is 5. The molecule has 0 amide bonds. The van der Waals surface area contributed by atoms with Crippen LogP contribution in [0.1, 0.15) is 12.8 Å². The van der Waals surface area contributed by atoms with Gasteiger partial charge < -0.3 is 15.6 Å². The Morgan fingerprint density at radius 2 is 2.00 bits per heavy atom. The minimum atomic E-state index is -0.658. The molecule has 0 aromatic heterocycles. The topological polar surface area (TPSA) is 55.5 Å². The summed E-state index contributed by atoms with van der Waals surface area (Å²) in [6.07, 6.45) is 2.09. The molecule has 0 saturated heterocycles. The highest BCUT2D eigenvalue weighted by atomic mass is 19.1. The number of hydrogen-bond acceptors (Lipinski definition) is 3. The van der Waals surface area contributed by atoms with Crippen LogP contribution in [-0.2, 0) is 0 Å². The molecule has 1 unspecified atom stereocenters. The van der Waals surface area contributed by atoms with Crippen molar-refractivity contribution in [3.05, 3.63) is 30.1 Å². The van der Waals surface area contributed by atoms with E-state index in [9.17, 15) is 9.50 Å². The first kappa shape index (κ1) is 11.4. The number of benzene rings is 1. The maximum absolute atomic E-state index is 12.6. The third-order valence-corrected chi connectivity index (χ3v) is 3.01. The van der Waals surface area contributed by atoms with Crippen molar-refractivity contribution in [1.82, 2.24) is 0 Å². The smallest absolute Gasteiger partial charge is 0.123 e. The van der Waals surface area contributed by atoms with Crippen LogP contribution in [0.3, 0.4) is 0 Å². The average molecular weight is 225 g/mol. The largest absolute Gasteiger partial charge is 0.492 e.